The molecule has 0 aliphatic carbocycles. The zero-order valence-corrected chi connectivity index (χ0v) is 13.1. The first-order valence-electron chi connectivity index (χ1n) is 7.87. The van der Waals surface area contributed by atoms with Gasteiger partial charge in [0, 0.05) is 29.8 Å². The Morgan fingerprint density at radius 3 is 1.50 bits per heavy atom. The summed E-state index contributed by atoms with van der Waals surface area (Å²) in [4.78, 5) is 6.10. The van der Waals surface area contributed by atoms with Crippen molar-refractivity contribution in [1.82, 2.24) is 0 Å². The molecule has 0 bridgehead atoms. The Labute approximate surface area is 140 Å². The number of H-pyrrole nitrogens is 2. The van der Waals surface area contributed by atoms with Crippen molar-refractivity contribution in [3.05, 3.63) is 91.5 Å². The Bertz CT molecular complexity index is 800. The average Bonchev–Trinajstić information content (AvgIpc) is 2.70. The van der Waals surface area contributed by atoms with Gasteiger partial charge in [0.15, 0.2) is 24.8 Å². The van der Waals surface area contributed by atoms with Crippen molar-refractivity contribution in [1.29, 1.82) is 0 Å². The standard InChI is InChI=1S/C21H15N2O/c1-2-4-16(5-3-1)19-14-20(17-6-10-22-11-7-17)24-21(15-19)18-8-12-23-13-9-18/h1-15H/q+1/p+2. The first-order valence-corrected chi connectivity index (χ1v) is 7.87. The van der Waals surface area contributed by atoms with Crippen molar-refractivity contribution in [2.45, 2.75) is 0 Å². The van der Waals surface area contributed by atoms with Gasteiger partial charge in [0.2, 0.25) is 0 Å². The normalized spacial score (nSPS) is 10.5. The van der Waals surface area contributed by atoms with Crippen LogP contribution in [0.2, 0.25) is 0 Å². The van der Waals surface area contributed by atoms with Crippen molar-refractivity contribution in [3.63, 3.8) is 0 Å². The van der Waals surface area contributed by atoms with Gasteiger partial charge in [0.1, 0.15) is 0 Å². The molecule has 0 atom stereocenters. The van der Waals surface area contributed by atoms with Crippen LogP contribution in [-0.4, -0.2) is 0 Å². The van der Waals surface area contributed by atoms with Crippen molar-refractivity contribution in [2.75, 3.05) is 0 Å². The van der Waals surface area contributed by atoms with E-state index in [0.717, 1.165) is 28.2 Å². The van der Waals surface area contributed by atoms with E-state index in [4.69, 9.17) is 4.42 Å². The molecule has 0 aliphatic rings. The molecule has 3 heteroatoms. The number of hydrogen-bond donors (Lipinski definition) is 0. The number of rotatable bonds is 3. The predicted molar refractivity (Wildman–Crippen MR) is 92.5 cm³/mol. The molecule has 3 aromatic heterocycles. The fourth-order valence-corrected chi connectivity index (χ4v) is 2.69. The first kappa shape index (κ1) is 14.3. The molecule has 4 rings (SSSR count). The van der Waals surface area contributed by atoms with Gasteiger partial charge in [-0.3, -0.25) is 0 Å². The van der Waals surface area contributed by atoms with Gasteiger partial charge in [0.05, 0.1) is 23.3 Å². The number of aromatic nitrogens is 2. The van der Waals surface area contributed by atoms with E-state index in [1.54, 1.807) is 0 Å². The third-order valence-corrected chi connectivity index (χ3v) is 3.91. The Hall–Kier alpha value is -3.33. The monoisotopic (exact) mass is 313 g/mol. The summed E-state index contributed by atoms with van der Waals surface area (Å²) in [6.45, 7) is 0. The predicted octanol–water partition coefficient (Wildman–Crippen LogP) is 4.19. The molecule has 4 aromatic rings. The summed E-state index contributed by atoms with van der Waals surface area (Å²) in [7, 11) is 0. The van der Waals surface area contributed by atoms with Crippen LogP contribution in [0.5, 0.6) is 0 Å². The minimum atomic E-state index is 0.841. The fourth-order valence-electron chi connectivity index (χ4n) is 2.69. The molecule has 0 fully saturated rings. The van der Waals surface area contributed by atoms with Gasteiger partial charge in [-0.15, -0.1) is 0 Å². The summed E-state index contributed by atoms with van der Waals surface area (Å²) >= 11 is 0. The SMILES string of the molecule is c1ccc(-c2cc(-c3cc[nH+]cc3)[o+]c(-c3cc[nH+]cc3)c2)cc1. The van der Waals surface area contributed by atoms with E-state index in [9.17, 15) is 0 Å². The number of aromatic amines is 2. The Morgan fingerprint density at radius 2 is 1.00 bits per heavy atom. The Morgan fingerprint density at radius 1 is 0.500 bits per heavy atom. The molecule has 0 unspecified atom stereocenters. The van der Waals surface area contributed by atoms with E-state index in [1.807, 2.05) is 67.3 Å². The van der Waals surface area contributed by atoms with Crippen LogP contribution in [0.25, 0.3) is 33.8 Å². The summed E-state index contributed by atoms with van der Waals surface area (Å²) in [5, 5.41) is 0. The van der Waals surface area contributed by atoms with E-state index in [1.165, 1.54) is 5.56 Å². The molecule has 0 saturated heterocycles. The van der Waals surface area contributed by atoms with Crippen LogP contribution in [0.4, 0.5) is 0 Å². The average molecular weight is 313 g/mol. The van der Waals surface area contributed by atoms with Crippen LogP contribution < -0.4 is 9.97 Å². The highest BCUT2D eigenvalue weighted by atomic mass is 16.3. The van der Waals surface area contributed by atoms with Crippen LogP contribution in [-0.2, 0) is 0 Å². The third kappa shape index (κ3) is 2.92. The maximum Gasteiger partial charge on any atom is 0.361 e. The van der Waals surface area contributed by atoms with Crippen LogP contribution in [0, 0.1) is 0 Å². The number of hydrogen-bond acceptors (Lipinski definition) is 0. The smallest absolute Gasteiger partial charge is 0.218 e. The van der Waals surface area contributed by atoms with E-state index < -0.39 is 0 Å². The van der Waals surface area contributed by atoms with Gasteiger partial charge in [-0.05, 0) is 5.56 Å². The Kier molecular flexibility index (Phi) is 3.82. The second-order valence-corrected chi connectivity index (χ2v) is 5.52. The van der Waals surface area contributed by atoms with Crippen LogP contribution in [0.1, 0.15) is 0 Å². The number of benzene rings is 1. The van der Waals surface area contributed by atoms with Crippen molar-refractivity contribution < 1.29 is 14.4 Å². The summed E-state index contributed by atoms with van der Waals surface area (Å²) in [6.07, 6.45) is 7.60. The molecular formula is C21H17N2O+3. The quantitative estimate of drug-likeness (QED) is 0.523. The van der Waals surface area contributed by atoms with Gasteiger partial charge in [-0.1, -0.05) is 30.3 Å². The molecule has 3 heterocycles. The molecule has 0 radical (unpaired) electrons. The first-order chi connectivity index (χ1) is 11.9. The third-order valence-electron chi connectivity index (χ3n) is 3.91. The number of nitrogens with one attached hydrogen (secondary N) is 2. The second-order valence-electron chi connectivity index (χ2n) is 5.52. The molecule has 24 heavy (non-hydrogen) atoms. The highest BCUT2D eigenvalue weighted by Crippen LogP contribution is 2.32. The lowest BCUT2D eigenvalue weighted by atomic mass is 10.0. The highest BCUT2D eigenvalue weighted by Gasteiger charge is 2.21. The van der Waals surface area contributed by atoms with Crippen LogP contribution in [0.15, 0.2) is 95.9 Å². The topological polar surface area (TPSA) is 39.6 Å². The van der Waals surface area contributed by atoms with E-state index in [0.29, 0.717) is 0 Å². The van der Waals surface area contributed by atoms with Crippen LogP contribution in [0.3, 0.4) is 0 Å². The molecule has 0 spiro atoms. The van der Waals surface area contributed by atoms with Gasteiger partial charge in [-0.2, -0.15) is 0 Å². The fraction of sp³-hybridized carbons (Fsp3) is 0. The van der Waals surface area contributed by atoms with E-state index in [2.05, 4.69) is 34.2 Å². The van der Waals surface area contributed by atoms with Gasteiger partial charge >= 0.3 is 11.5 Å². The molecule has 0 amide bonds. The molecule has 2 N–H and O–H groups in total. The largest absolute Gasteiger partial charge is 0.361 e. The summed E-state index contributed by atoms with van der Waals surface area (Å²) in [5.74, 6) is 1.68. The van der Waals surface area contributed by atoms with E-state index in [-0.39, 0.29) is 0 Å². The van der Waals surface area contributed by atoms with Gasteiger partial charge < -0.3 is 0 Å². The number of pyridine rings is 2. The molecule has 1 aromatic carbocycles. The Balaban J connectivity index is 1.92. The second kappa shape index (κ2) is 6.42. The lowest BCUT2D eigenvalue weighted by molar-refractivity contribution is -0.378. The minimum Gasteiger partial charge on any atom is -0.218 e. The molecule has 3 nitrogen and oxygen atoms in total. The molecular weight excluding hydrogens is 296 g/mol. The maximum atomic E-state index is 6.18. The van der Waals surface area contributed by atoms with Crippen molar-refractivity contribution in [2.24, 2.45) is 0 Å². The van der Waals surface area contributed by atoms with Gasteiger partial charge in [-0.25, -0.2) is 14.4 Å². The summed E-state index contributed by atoms with van der Waals surface area (Å²) < 4.78 is 6.18. The lowest BCUT2D eigenvalue weighted by Crippen LogP contribution is -1.98. The zero-order valence-electron chi connectivity index (χ0n) is 13.1. The lowest BCUT2D eigenvalue weighted by Gasteiger charge is -2.01. The summed E-state index contributed by atoms with van der Waals surface area (Å²) in [6, 6.07) is 22.6. The molecule has 0 saturated carbocycles. The van der Waals surface area contributed by atoms with Crippen LogP contribution >= 0.6 is 0 Å². The minimum absolute atomic E-state index is 0.841. The van der Waals surface area contributed by atoms with Crippen molar-refractivity contribution >= 4 is 0 Å². The molecule has 114 valence electrons. The highest BCUT2D eigenvalue weighted by molar-refractivity contribution is 5.74. The maximum absolute atomic E-state index is 6.18. The van der Waals surface area contributed by atoms with Crippen molar-refractivity contribution in [3.8, 4) is 33.8 Å². The van der Waals surface area contributed by atoms with Gasteiger partial charge in [0.25, 0.3) is 0 Å². The van der Waals surface area contributed by atoms with E-state index >= 15 is 0 Å². The zero-order chi connectivity index (χ0) is 16.2. The summed E-state index contributed by atoms with van der Waals surface area (Å²) in [5.41, 5.74) is 4.37. The molecule has 0 aliphatic heterocycles.